The number of nitrogens with one attached hydrogen (secondary N) is 1. The molecule has 3 fully saturated rings. The van der Waals surface area contributed by atoms with E-state index >= 15 is 0 Å². The molecule has 3 atom stereocenters. The van der Waals surface area contributed by atoms with Crippen LogP contribution in [0.2, 0.25) is 0 Å². The highest BCUT2D eigenvalue weighted by Gasteiger charge is 2.45. The number of ether oxygens (including phenoxy) is 1. The van der Waals surface area contributed by atoms with E-state index in [0.29, 0.717) is 12.3 Å². The molecule has 3 saturated heterocycles. The van der Waals surface area contributed by atoms with Crippen LogP contribution < -0.4 is 10.1 Å². The normalized spacial score (nSPS) is 33.2. The molecule has 4 heterocycles. The summed E-state index contributed by atoms with van der Waals surface area (Å²) >= 11 is 0. The van der Waals surface area contributed by atoms with Crippen LogP contribution in [-0.2, 0) is 9.84 Å². The van der Waals surface area contributed by atoms with E-state index in [9.17, 15) is 13.2 Å². The van der Waals surface area contributed by atoms with Crippen molar-refractivity contribution >= 4 is 15.9 Å². The first-order valence-corrected chi connectivity index (χ1v) is 10.7. The molecular weight excluding hydrogens is 342 g/mol. The molecule has 1 aromatic heterocycles. The number of hydrogen-bond acceptors (Lipinski definition) is 5. The molecule has 8 heteroatoms. The maximum absolute atomic E-state index is 12.7. The van der Waals surface area contributed by atoms with Crippen LogP contribution in [0.4, 0.5) is 4.79 Å². The Hall–Kier alpha value is -1.83. The molecule has 0 saturated carbocycles. The Labute approximate surface area is 147 Å². The van der Waals surface area contributed by atoms with Gasteiger partial charge in [-0.05, 0) is 25.3 Å². The Morgan fingerprint density at radius 2 is 1.96 bits per heavy atom. The highest BCUT2D eigenvalue weighted by Crippen LogP contribution is 2.37. The van der Waals surface area contributed by atoms with Crippen molar-refractivity contribution in [2.45, 2.75) is 56.3 Å². The topological polar surface area (TPSA) is 88.6 Å². The van der Waals surface area contributed by atoms with Gasteiger partial charge >= 0.3 is 6.03 Å². The summed E-state index contributed by atoms with van der Waals surface area (Å²) < 4.78 is 29.1. The second-order valence-electron chi connectivity index (χ2n) is 7.22. The predicted molar refractivity (Wildman–Crippen MR) is 92.1 cm³/mol. The molecule has 0 aliphatic carbocycles. The largest absolute Gasteiger partial charge is 0.474 e. The van der Waals surface area contributed by atoms with Gasteiger partial charge in [0.2, 0.25) is 5.88 Å². The van der Waals surface area contributed by atoms with Crippen LogP contribution in [0.5, 0.6) is 5.88 Å². The number of piperidine rings is 1. The van der Waals surface area contributed by atoms with E-state index in [0.717, 1.165) is 25.7 Å². The molecule has 0 aromatic carbocycles. The van der Waals surface area contributed by atoms with Crippen molar-refractivity contribution in [3.63, 3.8) is 0 Å². The van der Waals surface area contributed by atoms with Gasteiger partial charge in [-0.2, -0.15) is 0 Å². The summed E-state index contributed by atoms with van der Waals surface area (Å²) in [6.07, 6.45) is 5.84. The number of nitrogens with zero attached hydrogens (tertiary/aromatic N) is 2. The molecule has 136 valence electrons. The van der Waals surface area contributed by atoms with Crippen LogP contribution in [-0.4, -0.2) is 60.1 Å². The van der Waals surface area contributed by atoms with E-state index in [-0.39, 0.29) is 41.8 Å². The van der Waals surface area contributed by atoms with Crippen LogP contribution in [0.1, 0.15) is 32.1 Å². The Morgan fingerprint density at radius 3 is 2.56 bits per heavy atom. The van der Waals surface area contributed by atoms with E-state index in [1.165, 1.54) is 0 Å². The molecule has 0 spiro atoms. The van der Waals surface area contributed by atoms with Crippen LogP contribution in [0.3, 0.4) is 0 Å². The van der Waals surface area contributed by atoms with Crippen LogP contribution >= 0.6 is 0 Å². The lowest BCUT2D eigenvalue weighted by atomic mass is 10.00. The maximum atomic E-state index is 12.7. The van der Waals surface area contributed by atoms with Crippen molar-refractivity contribution in [1.29, 1.82) is 0 Å². The number of pyridine rings is 1. The number of carbonyl (C=O) groups is 1. The van der Waals surface area contributed by atoms with Gasteiger partial charge in [0.25, 0.3) is 0 Å². The van der Waals surface area contributed by atoms with Crippen molar-refractivity contribution < 1.29 is 17.9 Å². The minimum absolute atomic E-state index is 0.0628. The zero-order valence-corrected chi connectivity index (χ0v) is 14.8. The summed E-state index contributed by atoms with van der Waals surface area (Å²) in [4.78, 5) is 18.8. The molecule has 2 bridgehead atoms. The zero-order chi connectivity index (χ0) is 17.4. The lowest BCUT2D eigenvalue weighted by Crippen LogP contribution is -2.54. The fourth-order valence-corrected chi connectivity index (χ4v) is 5.97. The number of rotatable bonds is 3. The third kappa shape index (κ3) is 3.58. The number of urea groups is 1. The summed E-state index contributed by atoms with van der Waals surface area (Å²) in [5.41, 5.74) is 0. The van der Waals surface area contributed by atoms with Gasteiger partial charge in [0.15, 0.2) is 9.84 Å². The smallest absolute Gasteiger partial charge is 0.318 e. The highest BCUT2D eigenvalue weighted by molar-refractivity contribution is 7.91. The maximum Gasteiger partial charge on any atom is 0.318 e. The predicted octanol–water partition coefficient (Wildman–Crippen LogP) is 1.35. The lowest BCUT2D eigenvalue weighted by Gasteiger charge is -2.39. The van der Waals surface area contributed by atoms with Crippen molar-refractivity contribution in [3.8, 4) is 5.88 Å². The molecule has 2 amide bonds. The van der Waals surface area contributed by atoms with Crippen LogP contribution in [0.15, 0.2) is 24.4 Å². The summed E-state index contributed by atoms with van der Waals surface area (Å²) in [6.45, 7) is 0. The molecule has 7 nitrogen and oxygen atoms in total. The van der Waals surface area contributed by atoms with E-state index in [4.69, 9.17) is 4.74 Å². The number of carbonyl (C=O) groups excluding carboxylic acids is 1. The summed E-state index contributed by atoms with van der Waals surface area (Å²) in [5.74, 6) is 0.860. The fraction of sp³-hybridized carbons (Fsp3) is 0.647. The Kier molecular flexibility index (Phi) is 4.31. The van der Waals surface area contributed by atoms with Gasteiger partial charge in [-0.3, -0.25) is 0 Å². The monoisotopic (exact) mass is 365 g/mol. The van der Waals surface area contributed by atoms with E-state index < -0.39 is 9.84 Å². The molecule has 0 unspecified atom stereocenters. The average molecular weight is 365 g/mol. The van der Waals surface area contributed by atoms with Gasteiger partial charge in [0.05, 0.1) is 11.5 Å². The Morgan fingerprint density at radius 1 is 1.20 bits per heavy atom. The van der Waals surface area contributed by atoms with E-state index in [2.05, 4.69) is 10.3 Å². The molecule has 1 N–H and O–H groups in total. The van der Waals surface area contributed by atoms with Gasteiger partial charge < -0.3 is 15.0 Å². The molecule has 3 aliphatic rings. The van der Waals surface area contributed by atoms with Crippen LogP contribution in [0.25, 0.3) is 0 Å². The summed E-state index contributed by atoms with van der Waals surface area (Å²) in [5, 5.41) is 2.92. The quantitative estimate of drug-likeness (QED) is 0.873. The minimum Gasteiger partial charge on any atom is -0.474 e. The number of fused-ring (bicyclic) bond motifs is 2. The highest BCUT2D eigenvalue weighted by atomic mass is 32.2. The second-order valence-corrected chi connectivity index (χ2v) is 9.45. The fourth-order valence-electron chi connectivity index (χ4n) is 4.30. The molecule has 1 aromatic rings. The molecule has 3 aliphatic heterocycles. The second kappa shape index (κ2) is 6.48. The van der Waals surface area contributed by atoms with Crippen molar-refractivity contribution in [3.05, 3.63) is 24.4 Å². The number of amides is 2. The first kappa shape index (κ1) is 16.6. The van der Waals surface area contributed by atoms with Gasteiger partial charge in [0, 0.05) is 43.2 Å². The Balaban J connectivity index is 1.36. The average Bonchev–Trinajstić information content (AvgIpc) is 3.05. The third-order valence-corrected chi connectivity index (χ3v) is 7.18. The molecule has 0 radical (unpaired) electrons. The van der Waals surface area contributed by atoms with E-state index in [1.54, 1.807) is 6.20 Å². The van der Waals surface area contributed by atoms with Crippen molar-refractivity contribution in [2.24, 2.45) is 0 Å². The minimum atomic E-state index is -2.99. The lowest BCUT2D eigenvalue weighted by molar-refractivity contribution is 0.0654. The van der Waals surface area contributed by atoms with Crippen molar-refractivity contribution in [2.75, 3.05) is 11.5 Å². The molecular formula is C17H23N3O4S. The number of aromatic nitrogens is 1. The third-order valence-electron chi connectivity index (χ3n) is 5.41. The van der Waals surface area contributed by atoms with Crippen LogP contribution in [0, 0.1) is 0 Å². The SMILES string of the molecule is O=C(N[C@@H]1CCS(=O)(=O)C1)N1[C@H]2CC[C@H]1CC(Oc1ccccn1)C2. The first-order valence-electron chi connectivity index (χ1n) is 8.87. The Bertz CT molecular complexity index is 726. The summed E-state index contributed by atoms with van der Waals surface area (Å²) in [7, 11) is -2.99. The zero-order valence-electron chi connectivity index (χ0n) is 14.0. The number of sulfone groups is 1. The first-order chi connectivity index (χ1) is 12.0. The summed E-state index contributed by atoms with van der Waals surface area (Å²) in [6, 6.07) is 5.55. The van der Waals surface area contributed by atoms with Gasteiger partial charge in [0.1, 0.15) is 6.10 Å². The van der Waals surface area contributed by atoms with Gasteiger partial charge in [-0.15, -0.1) is 0 Å². The molecule has 25 heavy (non-hydrogen) atoms. The van der Waals surface area contributed by atoms with E-state index in [1.807, 2.05) is 23.1 Å². The van der Waals surface area contributed by atoms with Crippen molar-refractivity contribution in [1.82, 2.24) is 15.2 Å². The van der Waals surface area contributed by atoms with Gasteiger partial charge in [-0.25, -0.2) is 18.2 Å². The number of hydrogen-bond donors (Lipinski definition) is 1. The standard InChI is InChI=1S/C17H23N3O4S/c21-17(19-12-6-8-25(22,23)11-12)20-13-4-5-14(20)10-15(9-13)24-16-3-1-2-7-18-16/h1-3,7,12-15H,4-6,8-11H2,(H,19,21)/t12-,13+,14+/m1/s1. The molecule has 4 rings (SSSR count). The van der Waals surface area contributed by atoms with Gasteiger partial charge in [-0.1, -0.05) is 6.07 Å².